The molecule has 1 aliphatic heterocycles. The van der Waals surface area contributed by atoms with Crippen molar-refractivity contribution in [2.45, 2.75) is 115 Å². The molecule has 0 N–H and O–H groups in total. The van der Waals surface area contributed by atoms with Crippen molar-refractivity contribution in [2.24, 2.45) is 59.2 Å². The third-order valence-electron chi connectivity index (χ3n) is 14.5. The SMILES string of the molecule is C1=CC2C(OC3CCCC(C4C5CCCCC5C(C5CCCCC5)C5CCCCC54)C32)C(c2cccc3ccccc23)=C1. The van der Waals surface area contributed by atoms with Crippen molar-refractivity contribution in [3.63, 3.8) is 0 Å². The molecule has 9 atom stereocenters. The Kier molecular flexibility index (Phi) is 7.34. The first-order valence-electron chi connectivity index (χ1n) is 18.9. The number of fused-ring (bicyclic) bond motifs is 6. The van der Waals surface area contributed by atoms with E-state index in [-0.39, 0.29) is 6.10 Å². The summed E-state index contributed by atoms with van der Waals surface area (Å²) in [5.74, 6) is 9.30. The highest BCUT2D eigenvalue weighted by atomic mass is 16.5. The molecular formula is C42H54O. The first kappa shape index (κ1) is 27.5. The lowest BCUT2D eigenvalue weighted by Gasteiger charge is -2.61. The van der Waals surface area contributed by atoms with Gasteiger partial charge >= 0.3 is 0 Å². The average Bonchev–Trinajstić information content (AvgIpc) is 3.47. The van der Waals surface area contributed by atoms with Gasteiger partial charge in [0.15, 0.2) is 0 Å². The zero-order valence-electron chi connectivity index (χ0n) is 26.4. The first-order chi connectivity index (χ1) is 21.4. The van der Waals surface area contributed by atoms with Crippen LogP contribution in [0.4, 0.5) is 0 Å². The van der Waals surface area contributed by atoms with Crippen LogP contribution in [0.25, 0.3) is 16.3 Å². The van der Waals surface area contributed by atoms with E-state index < -0.39 is 0 Å². The van der Waals surface area contributed by atoms with Crippen molar-refractivity contribution in [2.75, 3.05) is 0 Å². The molecule has 228 valence electrons. The zero-order valence-corrected chi connectivity index (χ0v) is 26.4. The summed E-state index contributed by atoms with van der Waals surface area (Å²) in [7, 11) is 0. The lowest BCUT2D eigenvalue weighted by molar-refractivity contribution is -0.127. The molecular weight excluding hydrogens is 520 g/mol. The van der Waals surface area contributed by atoms with E-state index in [1.165, 1.54) is 86.1 Å². The quantitative estimate of drug-likeness (QED) is 0.354. The van der Waals surface area contributed by atoms with E-state index in [1.807, 2.05) is 0 Å². The summed E-state index contributed by atoms with van der Waals surface area (Å²) in [6, 6.07) is 15.9. The summed E-state index contributed by atoms with van der Waals surface area (Å²) in [5, 5.41) is 2.73. The second-order valence-electron chi connectivity index (χ2n) is 16.2. The van der Waals surface area contributed by atoms with Crippen LogP contribution in [0.3, 0.4) is 0 Å². The van der Waals surface area contributed by atoms with Crippen LogP contribution in [0.2, 0.25) is 0 Å². The van der Waals surface area contributed by atoms with Gasteiger partial charge in [0.25, 0.3) is 0 Å². The highest BCUT2D eigenvalue weighted by molar-refractivity contribution is 5.95. The predicted octanol–water partition coefficient (Wildman–Crippen LogP) is 11.0. The number of allylic oxidation sites excluding steroid dienone is 2. The van der Waals surface area contributed by atoms with Crippen molar-refractivity contribution in [3.05, 3.63) is 66.3 Å². The Bertz CT molecular complexity index is 1330. The molecule has 7 aliphatic rings. The lowest BCUT2D eigenvalue weighted by atomic mass is 9.44. The Labute approximate surface area is 260 Å². The van der Waals surface area contributed by atoms with Crippen molar-refractivity contribution in [3.8, 4) is 0 Å². The predicted molar refractivity (Wildman–Crippen MR) is 178 cm³/mol. The second-order valence-corrected chi connectivity index (χ2v) is 16.2. The molecule has 9 rings (SSSR count). The minimum absolute atomic E-state index is 0.231. The highest BCUT2D eigenvalue weighted by Crippen LogP contribution is 2.64. The standard InChI is InChI=1S/C42H54O/c1-2-14-28(15-3-1)39-31-18-6-8-20-33(31)40(34-21-9-7-19-32(34)39)36-24-12-26-38-41(36)37-25-11-23-35(42(37)43-38)30-22-10-16-27-13-4-5-17-29(27)30/h4-5,10-11,13,16-17,22-23,25,28,31-34,36-42H,1-3,6-9,12,14-15,18-21,24,26H2. The maximum atomic E-state index is 7.28. The molecule has 9 unspecified atom stereocenters. The van der Waals surface area contributed by atoms with E-state index in [1.54, 1.807) is 38.5 Å². The van der Waals surface area contributed by atoms with Crippen molar-refractivity contribution in [1.82, 2.24) is 0 Å². The van der Waals surface area contributed by atoms with E-state index in [0.717, 1.165) is 53.3 Å². The molecule has 0 bridgehead atoms. The highest BCUT2D eigenvalue weighted by Gasteiger charge is 2.59. The van der Waals surface area contributed by atoms with Crippen molar-refractivity contribution < 1.29 is 4.74 Å². The Morgan fingerprint density at radius 3 is 1.95 bits per heavy atom. The molecule has 1 nitrogen and oxygen atoms in total. The van der Waals surface area contributed by atoms with E-state index in [0.29, 0.717) is 12.0 Å². The maximum Gasteiger partial charge on any atom is 0.0901 e. The Balaban J connectivity index is 1.07. The van der Waals surface area contributed by atoms with Gasteiger partial charge in [0.1, 0.15) is 0 Å². The monoisotopic (exact) mass is 574 g/mol. The van der Waals surface area contributed by atoms with Crippen LogP contribution in [0, 0.1) is 59.2 Å². The summed E-state index contributed by atoms with van der Waals surface area (Å²) >= 11 is 0. The fourth-order valence-corrected chi connectivity index (χ4v) is 13.2. The average molecular weight is 575 g/mol. The van der Waals surface area contributed by atoms with Crippen LogP contribution >= 0.6 is 0 Å². The normalized spacial score (nSPS) is 42.9. The van der Waals surface area contributed by atoms with Gasteiger partial charge in [0.05, 0.1) is 12.2 Å². The number of ether oxygens (including phenoxy) is 1. The maximum absolute atomic E-state index is 7.28. The van der Waals surface area contributed by atoms with Gasteiger partial charge in [-0.25, -0.2) is 0 Å². The molecule has 0 aromatic heterocycles. The molecule has 0 amide bonds. The van der Waals surface area contributed by atoms with Crippen LogP contribution in [0.1, 0.15) is 108 Å². The summed E-state index contributed by atoms with van der Waals surface area (Å²) in [5.41, 5.74) is 2.85. The number of hydrogen-bond acceptors (Lipinski definition) is 1. The largest absolute Gasteiger partial charge is 0.369 e. The molecule has 6 fully saturated rings. The molecule has 5 saturated carbocycles. The second kappa shape index (κ2) is 11.5. The molecule has 0 spiro atoms. The lowest BCUT2D eigenvalue weighted by Crippen LogP contribution is -2.55. The van der Waals surface area contributed by atoms with Gasteiger partial charge in [0, 0.05) is 5.92 Å². The van der Waals surface area contributed by atoms with Crippen LogP contribution in [-0.4, -0.2) is 12.2 Å². The molecule has 2 aromatic carbocycles. The molecule has 6 aliphatic carbocycles. The minimum atomic E-state index is 0.231. The summed E-state index contributed by atoms with van der Waals surface area (Å²) in [6.45, 7) is 0. The Morgan fingerprint density at radius 1 is 0.535 bits per heavy atom. The molecule has 1 saturated heterocycles. The van der Waals surface area contributed by atoms with E-state index in [4.69, 9.17) is 4.74 Å². The van der Waals surface area contributed by atoms with Gasteiger partial charge in [-0.3, -0.25) is 0 Å². The third-order valence-corrected chi connectivity index (χ3v) is 14.5. The van der Waals surface area contributed by atoms with Crippen LogP contribution < -0.4 is 0 Å². The molecule has 0 radical (unpaired) electrons. The Hall–Kier alpha value is -1.86. The van der Waals surface area contributed by atoms with E-state index >= 15 is 0 Å². The van der Waals surface area contributed by atoms with Gasteiger partial charge in [-0.2, -0.15) is 0 Å². The van der Waals surface area contributed by atoms with E-state index in [9.17, 15) is 0 Å². The third kappa shape index (κ3) is 4.56. The summed E-state index contributed by atoms with van der Waals surface area (Å²) in [4.78, 5) is 0. The van der Waals surface area contributed by atoms with Crippen molar-refractivity contribution >= 4 is 16.3 Å². The summed E-state index contributed by atoms with van der Waals surface area (Å²) < 4.78 is 7.28. The van der Waals surface area contributed by atoms with Gasteiger partial charge < -0.3 is 4.74 Å². The zero-order chi connectivity index (χ0) is 28.3. The number of benzene rings is 2. The van der Waals surface area contributed by atoms with Gasteiger partial charge in [0.2, 0.25) is 0 Å². The van der Waals surface area contributed by atoms with Gasteiger partial charge in [-0.05, 0) is 114 Å². The molecule has 1 heteroatoms. The smallest absolute Gasteiger partial charge is 0.0901 e. The topological polar surface area (TPSA) is 9.23 Å². The molecule has 43 heavy (non-hydrogen) atoms. The number of rotatable bonds is 3. The van der Waals surface area contributed by atoms with E-state index in [2.05, 4.69) is 60.7 Å². The van der Waals surface area contributed by atoms with Crippen LogP contribution in [0.15, 0.2) is 60.7 Å². The minimum Gasteiger partial charge on any atom is -0.369 e. The van der Waals surface area contributed by atoms with Crippen molar-refractivity contribution in [1.29, 1.82) is 0 Å². The summed E-state index contributed by atoms with van der Waals surface area (Å²) in [6.07, 6.45) is 32.1. The van der Waals surface area contributed by atoms with Gasteiger partial charge in [-0.1, -0.05) is 125 Å². The molecule has 1 heterocycles. The molecule has 2 aromatic rings. The van der Waals surface area contributed by atoms with Gasteiger partial charge in [-0.15, -0.1) is 0 Å². The van der Waals surface area contributed by atoms with Crippen LogP contribution in [-0.2, 0) is 4.74 Å². The van der Waals surface area contributed by atoms with Crippen LogP contribution in [0.5, 0.6) is 0 Å². The number of hydrogen-bond donors (Lipinski definition) is 0. The first-order valence-corrected chi connectivity index (χ1v) is 18.9. The fraction of sp³-hybridized carbons (Fsp3) is 0.667. The Morgan fingerprint density at radius 2 is 1.19 bits per heavy atom. The fourth-order valence-electron chi connectivity index (χ4n) is 13.2.